The van der Waals surface area contributed by atoms with Crippen molar-refractivity contribution >= 4 is 17.5 Å². The van der Waals surface area contributed by atoms with Crippen LogP contribution in [-0.4, -0.2) is 30.4 Å². The number of likely N-dealkylation sites (tertiary alicyclic amines) is 1. The highest BCUT2D eigenvalue weighted by Crippen LogP contribution is 2.29. The fraction of sp³-hybridized carbons (Fsp3) is 0.300. The molecule has 1 aliphatic rings. The molecular formula is C20H22N2O3. The highest BCUT2D eigenvalue weighted by molar-refractivity contribution is 5.97. The number of ether oxygens (including phenoxy) is 1. The van der Waals surface area contributed by atoms with Crippen LogP contribution in [0.1, 0.15) is 24.9 Å². The lowest BCUT2D eigenvalue weighted by Gasteiger charge is -2.25. The molecule has 1 aliphatic heterocycles. The lowest BCUT2D eigenvalue weighted by atomic mass is 10.1. The molecule has 25 heavy (non-hydrogen) atoms. The summed E-state index contributed by atoms with van der Waals surface area (Å²) in [5.74, 6) is 0.296. The van der Waals surface area contributed by atoms with Crippen molar-refractivity contribution in [2.45, 2.75) is 19.4 Å². The summed E-state index contributed by atoms with van der Waals surface area (Å²) in [5.41, 5.74) is 1.78. The Morgan fingerprint density at radius 2 is 1.84 bits per heavy atom. The van der Waals surface area contributed by atoms with Crippen LogP contribution >= 0.6 is 0 Å². The van der Waals surface area contributed by atoms with Gasteiger partial charge in [0.05, 0.1) is 19.1 Å². The third-order valence-corrected chi connectivity index (χ3v) is 4.64. The number of carbonyl (C=O) groups excluding carboxylic acids is 2. The highest BCUT2D eigenvalue weighted by Gasteiger charge is 2.36. The maximum atomic E-state index is 12.5. The second kappa shape index (κ2) is 7.38. The molecule has 0 radical (unpaired) electrons. The molecule has 1 fully saturated rings. The van der Waals surface area contributed by atoms with Crippen molar-refractivity contribution in [2.75, 3.05) is 19.0 Å². The van der Waals surface area contributed by atoms with Crippen LogP contribution < -0.4 is 10.1 Å². The summed E-state index contributed by atoms with van der Waals surface area (Å²) in [7, 11) is 1.60. The van der Waals surface area contributed by atoms with E-state index in [9.17, 15) is 9.59 Å². The van der Waals surface area contributed by atoms with Gasteiger partial charge in [0.25, 0.3) is 0 Å². The average molecular weight is 338 g/mol. The van der Waals surface area contributed by atoms with Gasteiger partial charge in [0.1, 0.15) is 5.75 Å². The van der Waals surface area contributed by atoms with Crippen LogP contribution in [0.25, 0.3) is 0 Å². The molecule has 0 saturated carbocycles. The summed E-state index contributed by atoms with van der Waals surface area (Å²) in [6, 6.07) is 17.0. The number of hydrogen-bond acceptors (Lipinski definition) is 3. The molecule has 0 spiro atoms. The number of anilines is 1. The Kier molecular flexibility index (Phi) is 5.03. The monoisotopic (exact) mass is 338 g/mol. The van der Waals surface area contributed by atoms with Crippen molar-refractivity contribution in [1.29, 1.82) is 0 Å². The molecule has 0 bridgehead atoms. The second-order valence-electron chi connectivity index (χ2n) is 6.25. The molecule has 2 atom stereocenters. The van der Waals surface area contributed by atoms with Crippen LogP contribution in [0.3, 0.4) is 0 Å². The van der Waals surface area contributed by atoms with Gasteiger partial charge in [0, 0.05) is 18.7 Å². The van der Waals surface area contributed by atoms with Gasteiger partial charge in [0.15, 0.2) is 0 Å². The Bertz CT molecular complexity index is 743. The average Bonchev–Trinajstić information content (AvgIpc) is 3.04. The largest absolute Gasteiger partial charge is 0.497 e. The summed E-state index contributed by atoms with van der Waals surface area (Å²) < 4.78 is 5.11. The predicted octanol–water partition coefficient (Wildman–Crippen LogP) is 3.24. The Morgan fingerprint density at radius 1 is 1.16 bits per heavy atom. The van der Waals surface area contributed by atoms with Crippen molar-refractivity contribution < 1.29 is 14.3 Å². The van der Waals surface area contributed by atoms with Gasteiger partial charge in [-0.25, -0.2) is 0 Å². The SMILES string of the molecule is COc1ccc(NC(=O)[C@H]2CC(=O)N([C@@H](C)c3ccccc3)C2)cc1. The zero-order chi connectivity index (χ0) is 17.8. The third kappa shape index (κ3) is 3.82. The summed E-state index contributed by atoms with van der Waals surface area (Å²) in [6.45, 7) is 2.44. The summed E-state index contributed by atoms with van der Waals surface area (Å²) in [6.07, 6.45) is 0.249. The van der Waals surface area contributed by atoms with E-state index < -0.39 is 0 Å². The number of nitrogens with zero attached hydrogens (tertiary/aromatic N) is 1. The van der Waals surface area contributed by atoms with Crippen molar-refractivity contribution in [3.8, 4) is 5.75 Å². The molecule has 3 rings (SSSR count). The van der Waals surface area contributed by atoms with Crippen molar-refractivity contribution in [1.82, 2.24) is 4.90 Å². The first-order chi connectivity index (χ1) is 12.1. The summed E-state index contributed by atoms with van der Waals surface area (Å²) in [4.78, 5) is 26.7. The fourth-order valence-corrected chi connectivity index (χ4v) is 3.11. The van der Waals surface area contributed by atoms with Gasteiger partial charge in [0.2, 0.25) is 11.8 Å². The number of carbonyl (C=O) groups is 2. The lowest BCUT2D eigenvalue weighted by Crippen LogP contribution is -2.30. The van der Waals surface area contributed by atoms with Crippen molar-refractivity contribution in [2.24, 2.45) is 5.92 Å². The van der Waals surface area contributed by atoms with Crippen LogP contribution in [0.15, 0.2) is 54.6 Å². The Morgan fingerprint density at radius 3 is 2.48 bits per heavy atom. The first-order valence-corrected chi connectivity index (χ1v) is 8.38. The fourth-order valence-electron chi connectivity index (χ4n) is 3.11. The van der Waals surface area contributed by atoms with Crippen LogP contribution in [0.4, 0.5) is 5.69 Å². The molecule has 0 aliphatic carbocycles. The Labute approximate surface area is 147 Å². The van der Waals surface area contributed by atoms with Gasteiger partial charge in [-0.3, -0.25) is 9.59 Å². The predicted molar refractivity (Wildman–Crippen MR) is 96.3 cm³/mol. The highest BCUT2D eigenvalue weighted by atomic mass is 16.5. The lowest BCUT2D eigenvalue weighted by molar-refractivity contribution is -0.129. The Hall–Kier alpha value is -2.82. The molecule has 1 saturated heterocycles. The normalized spacial score (nSPS) is 18.1. The zero-order valence-electron chi connectivity index (χ0n) is 14.4. The minimum absolute atomic E-state index is 0.0197. The summed E-state index contributed by atoms with van der Waals surface area (Å²) >= 11 is 0. The quantitative estimate of drug-likeness (QED) is 0.910. The maximum Gasteiger partial charge on any atom is 0.229 e. The standard InChI is InChI=1S/C20H22N2O3/c1-14(15-6-4-3-5-7-15)22-13-16(12-19(22)23)20(24)21-17-8-10-18(25-2)11-9-17/h3-11,14,16H,12-13H2,1-2H3,(H,21,24)/t14-,16-/m0/s1. The molecular weight excluding hydrogens is 316 g/mol. The molecule has 5 nitrogen and oxygen atoms in total. The first-order valence-electron chi connectivity index (χ1n) is 8.38. The first kappa shape index (κ1) is 17.0. The molecule has 1 N–H and O–H groups in total. The van der Waals surface area contributed by atoms with Gasteiger partial charge in [-0.05, 0) is 36.8 Å². The van der Waals surface area contributed by atoms with Crippen molar-refractivity contribution in [3.63, 3.8) is 0 Å². The topological polar surface area (TPSA) is 58.6 Å². The number of methoxy groups -OCH3 is 1. The van der Waals surface area contributed by atoms with Crippen molar-refractivity contribution in [3.05, 3.63) is 60.2 Å². The molecule has 0 unspecified atom stereocenters. The van der Waals surface area contributed by atoms with Crippen LogP contribution in [0.2, 0.25) is 0 Å². The van der Waals surface area contributed by atoms with Crippen LogP contribution in [0, 0.1) is 5.92 Å². The van der Waals surface area contributed by atoms with E-state index in [-0.39, 0.29) is 30.2 Å². The van der Waals surface area contributed by atoms with E-state index in [0.717, 1.165) is 11.3 Å². The smallest absolute Gasteiger partial charge is 0.229 e. The van der Waals surface area contributed by atoms with E-state index in [4.69, 9.17) is 4.74 Å². The van der Waals surface area contributed by atoms with Crippen LogP contribution in [0.5, 0.6) is 5.75 Å². The number of nitrogens with one attached hydrogen (secondary N) is 1. The van der Waals surface area contributed by atoms with E-state index in [1.165, 1.54) is 0 Å². The van der Waals surface area contributed by atoms with Gasteiger partial charge < -0.3 is 15.0 Å². The van der Waals surface area contributed by atoms with E-state index in [0.29, 0.717) is 12.2 Å². The van der Waals surface area contributed by atoms with E-state index in [1.54, 1.807) is 36.3 Å². The van der Waals surface area contributed by atoms with E-state index in [1.807, 2.05) is 37.3 Å². The number of hydrogen-bond donors (Lipinski definition) is 1. The molecule has 2 aromatic rings. The minimum atomic E-state index is -0.333. The molecule has 5 heteroatoms. The van der Waals surface area contributed by atoms with Gasteiger partial charge in [-0.1, -0.05) is 30.3 Å². The Balaban J connectivity index is 1.64. The minimum Gasteiger partial charge on any atom is -0.497 e. The van der Waals surface area contributed by atoms with Gasteiger partial charge in [-0.2, -0.15) is 0 Å². The number of rotatable bonds is 5. The van der Waals surface area contributed by atoms with E-state index in [2.05, 4.69) is 5.32 Å². The molecule has 130 valence electrons. The number of benzene rings is 2. The van der Waals surface area contributed by atoms with Gasteiger partial charge >= 0.3 is 0 Å². The summed E-state index contributed by atoms with van der Waals surface area (Å²) in [5, 5.41) is 2.88. The zero-order valence-corrected chi connectivity index (χ0v) is 14.4. The molecule has 1 heterocycles. The maximum absolute atomic E-state index is 12.5. The third-order valence-electron chi connectivity index (χ3n) is 4.64. The van der Waals surface area contributed by atoms with E-state index >= 15 is 0 Å². The van der Waals surface area contributed by atoms with Gasteiger partial charge in [-0.15, -0.1) is 0 Å². The molecule has 2 aromatic carbocycles. The molecule has 2 amide bonds. The molecule has 0 aromatic heterocycles. The second-order valence-corrected chi connectivity index (χ2v) is 6.25. The van der Waals surface area contributed by atoms with Crippen LogP contribution in [-0.2, 0) is 9.59 Å². The number of amides is 2.